The van der Waals surface area contributed by atoms with Crippen LogP contribution < -0.4 is 39.2 Å². The van der Waals surface area contributed by atoms with Gasteiger partial charge in [0.2, 0.25) is 0 Å². The van der Waals surface area contributed by atoms with Crippen LogP contribution in [0.4, 0.5) is 17.1 Å². The van der Waals surface area contributed by atoms with Gasteiger partial charge in [0.05, 0.1) is 60.9 Å². The predicted octanol–water partition coefficient (Wildman–Crippen LogP) is 18.0. The molecule has 0 bridgehead atoms. The minimum Gasteiger partial charge on any atom is -0.493 e. The van der Waals surface area contributed by atoms with Crippen LogP contribution in [0, 0.1) is 27.7 Å². The largest absolute Gasteiger partial charge is 0.493 e. The topological polar surface area (TPSA) is 189 Å². The molecule has 0 radical (unpaired) electrons. The van der Waals surface area contributed by atoms with E-state index in [0.29, 0.717) is 121 Å². The molecule has 0 fully saturated rings. The maximum Gasteiger partial charge on any atom is 0.265 e. The lowest BCUT2D eigenvalue weighted by atomic mass is 10.1. The average molecular weight is 1500 g/mol. The molecule has 11 rings (SSSR count). The van der Waals surface area contributed by atoms with Crippen molar-refractivity contribution in [3.8, 4) is 28.7 Å². The molecule has 22 heteroatoms. The van der Waals surface area contributed by atoms with Crippen molar-refractivity contribution in [3.05, 3.63) is 268 Å². The first-order chi connectivity index (χ1) is 49.8. The molecule has 6 amide bonds. The number of halogens is 4. The summed E-state index contributed by atoms with van der Waals surface area (Å²) in [5.41, 5.74) is 11.0. The number of rotatable bonds is 25. The quantitative estimate of drug-likeness (QED) is 0.0514. The molecule has 2 heterocycles. The Balaban J connectivity index is 0.000000195. The Morgan fingerprint density at radius 2 is 0.876 bits per heavy atom. The third-order valence-corrected chi connectivity index (χ3v) is 18.3. The van der Waals surface area contributed by atoms with Gasteiger partial charge in [-0.15, -0.1) is 0 Å². The Labute approximate surface area is 636 Å². The molecule has 0 spiro atoms. The zero-order valence-corrected chi connectivity index (χ0v) is 63.6. The number of amides is 6. The summed E-state index contributed by atoms with van der Waals surface area (Å²) >= 11 is 24.3. The second-order valence-corrected chi connectivity index (χ2v) is 26.5. The summed E-state index contributed by atoms with van der Waals surface area (Å²) in [6.45, 7) is 18.1. The van der Waals surface area contributed by atoms with E-state index in [-0.39, 0.29) is 56.0 Å². The van der Waals surface area contributed by atoms with Gasteiger partial charge < -0.3 is 49.0 Å². The number of aryl methyl sites for hydroxylation is 4. The molecule has 0 unspecified atom stereocenters. The minimum atomic E-state index is -0.321. The summed E-state index contributed by atoms with van der Waals surface area (Å²) < 4.78 is 28.7. The predicted molar refractivity (Wildman–Crippen MR) is 422 cm³/mol. The second-order valence-electron chi connectivity index (χ2n) is 24.9. The van der Waals surface area contributed by atoms with Gasteiger partial charge in [-0.2, -0.15) is 0 Å². The molecule has 0 saturated carbocycles. The lowest BCUT2D eigenvalue weighted by Crippen LogP contribution is -2.29. The number of nitrogens with one attached hydrogen (secondary N) is 2. The van der Waals surface area contributed by atoms with Gasteiger partial charge in [-0.3, -0.25) is 38.6 Å². The van der Waals surface area contributed by atoms with Crippen LogP contribution >= 0.6 is 46.4 Å². The van der Waals surface area contributed by atoms with Crippen molar-refractivity contribution in [1.29, 1.82) is 0 Å². The van der Waals surface area contributed by atoms with Gasteiger partial charge in [0.25, 0.3) is 35.4 Å². The summed E-state index contributed by atoms with van der Waals surface area (Å²) in [6.07, 6.45) is 0. The SMILES string of the molecule is C.CCOc1cccc(NCCN(C)C)c1C(=O)Nc1ccc(Cl)c(C)c1.CCOc1cccc(OCc2ccccc2)c1C(=O)N(C)c1ccc(Cl)c(C)c1.CCOc1cccc2c1C(=O)N(Cc1ccc(Cl)c(C)c1)C2=O.Cc1cc(CN2C(=O)c3cccc(OCCN(C)C)c3C2=O)ccc1Cl. The van der Waals surface area contributed by atoms with Gasteiger partial charge >= 0.3 is 0 Å². The van der Waals surface area contributed by atoms with Gasteiger partial charge in [-0.05, 0) is 213 Å². The number of hydrogen-bond acceptors (Lipinski definition) is 14. The highest BCUT2D eigenvalue weighted by atomic mass is 35.5. The smallest absolute Gasteiger partial charge is 0.265 e. The van der Waals surface area contributed by atoms with Crippen LogP contribution in [-0.2, 0) is 19.7 Å². The van der Waals surface area contributed by atoms with Crippen molar-refractivity contribution in [2.24, 2.45) is 0 Å². The fourth-order valence-corrected chi connectivity index (χ4v) is 11.6. The van der Waals surface area contributed by atoms with E-state index in [2.05, 4.69) is 15.5 Å². The fraction of sp³-hybridized carbons (Fsp3) is 0.277. The van der Waals surface area contributed by atoms with Crippen molar-refractivity contribution in [2.75, 3.05) is 96.8 Å². The number of hydrogen-bond donors (Lipinski definition) is 2. The van der Waals surface area contributed by atoms with Crippen molar-refractivity contribution >= 4 is 98.9 Å². The van der Waals surface area contributed by atoms with Gasteiger partial charge in [-0.25, -0.2) is 0 Å². The third-order valence-electron chi connectivity index (χ3n) is 16.6. The van der Waals surface area contributed by atoms with E-state index in [1.807, 2.05) is 179 Å². The Kier molecular flexibility index (Phi) is 30.8. The standard InChI is InChI=1S/C24H24ClNO3.C20H26ClN3O2.C20H21ClN2O3.C18H16ClNO3.CH4/c1-4-28-21-11-8-12-22(29-16-18-9-6-5-7-10-18)23(21)24(27)26(3)19-13-14-20(25)17(2)15-19;1-5-26-18-8-6-7-17(22-11-12-24(3)4)19(18)20(25)23-15-9-10-16(21)14(2)13-15;1-13-11-14(7-8-16(13)21)12-23-19(24)15-5-4-6-17(18(15)20(23)25)26-10-9-22(2)3;1-3-23-15-6-4-5-13-16(15)18(22)20(17(13)21)10-12-7-8-14(19)11(2)9-12;/h5-15H,4,16H2,1-3H3;6-10,13,22H,5,11-12H2,1-4H3,(H,23,25);4-8,11H,9-10,12H2,1-3H3;4-9H,3,10H2,1-2H3;1H4. The molecule has 9 aromatic rings. The molecule has 18 nitrogen and oxygen atoms in total. The molecule has 0 saturated heterocycles. The van der Waals surface area contributed by atoms with Gasteiger partial charge in [-0.1, -0.05) is 133 Å². The third kappa shape index (κ3) is 21.6. The number of anilines is 3. The zero-order valence-electron chi connectivity index (χ0n) is 60.6. The molecule has 0 aliphatic carbocycles. The number of ether oxygens (including phenoxy) is 5. The number of likely N-dealkylation sites (N-methyl/N-ethyl adjacent to an activating group) is 2. The molecule has 2 aliphatic rings. The normalized spacial score (nSPS) is 11.8. The van der Waals surface area contributed by atoms with Gasteiger partial charge in [0.15, 0.2) is 0 Å². The Bertz CT molecular complexity index is 4550. The van der Waals surface area contributed by atoms with Crippen LogP contribution in [0.25, 0.3) is 0 Å². The molecule has 0 atom stereocenters. The number of carbonyl (C=O) groups is 6. The van der Waals surface area contributed by atoms with Crippen LogP contribution in [0.15, 0.2) is 176 Å². The van der Waals surface area contributed by atoms with E-state index in [1.54, 1.807) is 90.8 Å². The molecule has 2 N–H and O–H groups in total. The number of nitrogens with zero attached hydrogens (tertiary/aromatic N) is 5. The second kappa shape index (κ2) is 39.3. The van der Waals surface area contributed by atoms with Crippen molar-refractivity contribution in [2.45, 2.75) is 75.6 Å². The first-order valence-electron chi connectivity index (χ1n) is 33.9. The van der Waals surface area contributed by atoms with E-state index in [9.17, 15) is 28.8 Å². The number of imide groups is 2. The number of fused-ring (bicyclic) bond motifs is 2. The van der Waals surface area contributed by atoms with Crippen LogP contribution in [0.2, 0.25) is 20.1 Å². The van der Waals surface area contributed by atoms with Crippen LogP contribution in [0.5, 0.6) is 28.7 Å². The molecule has 2 aliphatic heterocycles. The lowest BCUT2D eigenvalue weighted by molar-refractivity contribution is 0.0625. The van der Waals surface area contributed by atoms with Gasteiger partial charge in [0, 0.05) is 58.1 Å². The van der Waals surface area contributed by atoms with E-state index in [4.69, 9.17) is 70.1 Å². The lowest BCUT2D eigenvalue weighted by Gasteiger charge is -2.22. The fourth-order valence-electron chi connectivity index (χ4n) is 11.1. The summed E-state index contributed by atoms with van der Waals surface area (Å²) in [7, 11) is 9.64. The number of benzene rings is 9. The van der Waals surface area contributed by atoms with Crippen LogP contribution in [-0.4, -0.2) is 136 Å². The minimum absolute atomic E-state index is 0. The highest BCUT2D eigenvalue weighted by Gasteiger charge is 2.40. The molecule has 105 heavy (non-hydrogen) atoms. The van der Waals surface area contributed by atoms with Crippen LogP contribution in [0.3, 0.4) is 0 Å². The van der Waals surface area contributed by atoms with Crippen molar-refractivity contribution in [1.82, 2.24) is 19.6 Å². The first kappa shape index (κ1) is 82.4. The molecule has 0 aromatic heterocycles. The molecule has 9 aromatic carbocycles. The van der Waals surface area contributed by atoms with E-state index < -0.39 is 0 Å². The molecular weight excluding hydrogens is 1410 g/mol. The number of carbonyl (C=O) groups excluding carboxylic acids is 6. The maximum atomic E-state index is 13.4. The van der Waals surface area contributed by atoms with E-state index in [0.717, 1.165) is 70.0 Å². The first-order valence-corrected chi connectivity index (χ1v) is 35.4. The van der Waals surface area contributed by atoms with E-state index in [1.165, 1.54) is 9.80 Å². The average Bonchev–Trinajstić information content (AvgIpc) is 1.64. The maximum absolute atomic E-state index is 13.4. The van der Waals surface area contributed by atoms with Crippen molar-refractivity contribution in [3.63, 3.8) is 0 Å². The summed E-state index contributed by atoms with van der Waals surface area (Å²) in [6, 6.07) is 52.9. The monoisotopic (exact) mass is 1500 g/mol. The Morgan fingerprint density at radius 3 is 1.37 bits per heavy atom. The molecule has 552 valence electrons. The van der Waals surface area contributed by atoms with Crippen LogP contribution in [0.1, 0.15) is 129 Å². The Morgan fingerprint density at radius 1 is 0.438 bits per heavy atom. The van der Waals surface area contributed by atoms with Crippen molar-refractivity contribution < 1.29 is 52.5 Å². The summed E-state index contributed by atoms with van der Waals surface area (Å²) in [5, 5.41) is 8.92. The highest BCUT2D eigenvalue weighted by Crippen LogP contribution is 2.37. The summed E-state index contributed by atoms with van der Waals surface area (Å²) in [4.78, 5) is 85.3. The Hall–Kier alpha value is -9.92. The molecular formula is C83H91Cl4N7O11. The zero-order chi connectivity index (χ0) is 75.3. The highest BCUT2D eigenvalue weighted by molar-refractivity contribution is 6.32. The van der Waals surface area contributed by atoms with E-state index >= 15 is 0 Å². The van der Waals surface area contributed by atoms with Gasteiger partial charge in [0.1, 0.15) is 53.1 Å². The summed E-state index contributed by atoms with van der Waals surface area (Å²) in [5.74, 6) is 0.806.